The topological polar surface area (TPSA) is 77.7 Å². The standard InChI is InChI=1S/C18H21N3O4/c1-2-4-16-19-17(25-20-16)13-5-3-8-21(10-13)18(22)12-6-7-14-15(9-12)24-11-23-14/h6-7,9,13H,2-5,8,10-11H2,1H3. The monoisotopic (exact) mass is 343 g/mol. The summed E-state index contributed by atoms with van der Waals surface area (Å²) in [6, 6.07) is 5.32. The first-order chi connectivity index (χ1) is 12.2. The van der Waals surface area contributed by atoms with Gasteiger partial charge in [0.25, 0.3) is 5.91 Å². The van der Waals surface area contributed by atoms with E-state index in [9.17, 15) is 4.79 Å². The molecule has 25 heavy (non-hydrogen) atoms. The van der Waals surface area contributed by atoms with E-state index < -0.39 is 0 Å². The third-order valence-electron chi connectivity index (χ3n) is 4.63. The minimum Gasteiger partial charge on any atom is -0.454 e. The van der Waals surface area contributed by atoms with E-state index in [-0.39, 0.29) is 18.6 Å². The molecule has 4 rings (SSSR count). The summed E-state index contributed by atoms with van der Waals surface area (Å²) in [4.78, 5) is 19.2. The second-order valence-electron chi connectivity index (χ2n) is 6.46. The van der Waals surface area contributed by atoms with Gasteiger partial charge in [-0.3, -0.25) is 4.79 Å². The van der Waals surface area contributed by atoms with Gasteiger partial charge in [-0.25, -0.2) is 0 Å². The quantitative estimate of drug-likeness (QED) is 0.849. The summed E-state index contributed by atoms with van der Waals surface area (Å²) in [6.07, 6.45) is 3.68. The van der Waals surface area contributed by atoms with E-state index in [1.54, 1.807) is 18.2 Å². The van der Waals surface area contributed by atoms with Crippen LogP contribution >= 0.6 is 0 Å². The highest BCUT2D eigenvalue weighted by Gasteiger charge is 2.29. The maximum absolute atomic E-state index is 12.8. The van der Waals surface area contributed by atoms with Crippen molar-refractivity contribution in [2.24, 2.45) is 0 Å². The summed E-state index contributed by atoms with van der Waals surface area (Å²) in [5.41, 5.74) is 0.613. The normalized spacial score (nSPS) is 19.2. The van der Waals surface area contributed by atoms with Gasteiger partial charge >= 0.3 is 0 Å². The number of hydrogen-bond donors (Lipinski definition) is 0. The Hall–Kier alpha value is -2.57. The number of aryl methyl sites for hydroxylation is 1. The van der Waals surface area contributed by atoms with Gasteiger partial charge in [0.15, 0.2) is 17.3 Å². The number of carbonyl (C=O) groups is 1. The van der Waals surface area contributed by atoms with Crippen molar-refractivity contribution in [3.63, 3.8) is 0 Å². The Kier molecular flexibility index (Phi) is 4.29. The van der Waals surface area contributed by atoms with Crippen LogP contribution in [0.15, 0.2) is 22.7 Å². The van der Waals surface area contributed by atoms with Crippen LogP contribution in [0.3, 0.4) is 0 Å². The molecule has 1 unspecified atom stereocenters. The zero-order valence-electron chi connectivity index (χ0n) is 14.2. The van der Waals surface area contributed by atoms with Crippen LogP contribution < -0.4 is 9.47 Å². The highest BCUT2D eigenvalue weighted by molar-refractivity contribution is 5.95. The third-order valence-corrected chi connectivity index (χ3v) is 4.63. The number of carbonyl (C=O) groups excluding carboxylic acids is 1. The smallest absolute Gasteiger partial charge is 0.254 e. The molecule has 0 saturated carbocycles. The number of fused-ring (bicyclic) bond motifs is 1. The lowest BCUT2D eigenvalue weighted by atomic mass is 9.97. The van der Waals surface area contributed by atoms with Crippen LogP contribution in [-0.2, 0) is 6.42 Å². The van der Waals surface area contributed by atoms with Gasteiger partial charge in [0.05, 0.1) is 5.92 Å². The second-order valence-corrected chi connectivity index (χ2v) is 6.46. The molecule has 0 N–H and O–H groups in total. The maximum atomic E-state index is 12.8. The van der Waals surface area contributed by atoms with Gasteiger partial charge in [-0.2, -0.15) is 4.98 Å². The molecular weight excluding hydrogens is 322 g/mol. The second kappa shape index (κ2) is 6.74. The molecule has 3 heterocycles. The fourth-order valence-corrected chi connectivity index (χ4v) is 3.33. The Balaban J connectivity index is 1.47. The molecule has 132 valence electrons. The van der Waals surface area contributed by atoms with E-state index in [1.807, 2.05) is 4.90 Å². The zero-order chi connectivity index (χ0) is 17.2. The molecule has 2 aromatic rings. The number of nitrogens with zero attached hydrogens (tertiary/aromatic N) is 3. The minimum absolute atomic E-state index is 0.00343. The van der Waals surface area contributed by atoms with E-state index in [4.69, 9.17) is 14.0 Å². The van der Waals surface area contributed by atoms with Gasteiger partial charge in [0.1, 0.15) is 0 Å². The minimum atomic E-state index is -0.00343. The molecule has 0 radical (unpaired) electrons. The first kappa shape index (κ1) is 15.9. The summed E-state index contributed by atoms with van der Waals surface area (Å²) in [5, 5.41) is 4.03. The van der Waals surface area contributed by atoms with Crippen molar-refractivity contribution in [3.8, 4) is 11.5 Å². The SMILES string of the molecule is CCCc1noc(C2CCCN(C(=O)c3ccc4c(c3)OCO4)C2)n1. The molecule has 2 aliphatic rings. The number of aromatic nitrogens is 2. The fourth-order valence-electron chi connectivity index (χ4n) is 3.33. The zero-order valence-corrected chi connectivity index (χ0v) is 14.2. The van der Waals surface area contributed by atoms with E-state index >= 15 is 0 Å². The van der Waals surface area contributed by atoms with Crippen LogP contribution in [0.25, 0.3) is 0 Å². The van der Waals surface area contributed by atoms with Gasteiger partial charge in [-0.05, 0) is 37.5 Å². The van der Waals surface area contributed by atoms with Crippen LogP contribution in [0.1, 0.15) is 54.2 Å². The predicted molar refractivity (Wildman–Crippen MR) is 88.7 cm³/mol. The fraction of sp³-hybridized carbons (Fsp3) is 0.500. The van der Waals surface area contributed by atoms with E-state index in [0.29, 0.717) is 29.5 Å². The molecule has 7 nitrogen and oxygen atoms in total. The highest BCUT2D eigenvalue weighted by atomic mass is 16.7. The number of benzene rings is 1. The third kappa shape index (κ3) is 3.18. The van der Waals surface area contributed by atoms with Gasteiger partial charge < -0.3 is 18.9 Å². The van der Waals surface area contributed by atoms with Crippen LogP contribution in [0.2, 0.25) is 0 Å². The van der Waals surface area contributed by atoms with Crippen LogP contribution in [0, 0.1) is 0 Å². The van der Waals surface area contributed by atoms with Crippen molar-refractivity contribution < 1.29 is 18.8 Å². The Morgan fingerprint density at radius 1 is 1.32 bits per heavy atom. The van der Waals surface area contributed by atoms with E-state index in [1.165, 1.54) is 0 Å². The molecular formula is C18H21N3O4. The Bertz CT molecular complexity index is 773. The first-order valence-corrected chi connectivity index (χ1v) is 8.76. The lowest BCUT2D eigenvalue weighted by Crippen LogP contribution is -2.39. The van der Waals surface area contributed by atoms with Crippen LogP contribution in [-0.4, -0.2) is 40.8 Å². The maximum Gasteiger partial charge on any atom is 0.254 e. The molecule has 1 saturated heterocycles. The lowest BCUT2D eigenvalue weighted by molar-refractivity contribution is 0.0695. The van der Waals surface area contributed by atoms with Crippen molar-refractivity contribution in [1.82, 2.24) is 15.0 Å². The van der Waals surface area contributed by atoms with Gasteiger partial charge in [-0.15, -0.1) is 0 Å². The largest absolute Gasteiger partial charge is 0.454 e. The molecule has 1 amide bonds. The molecule has 0 aliphatic carbocycles. The Labute approximate surface area is 145 Å². The van der Waals surface area contributed by atoms with Crippen molar-refractivity contribution in [2.75, 3.05) is 19.9 Å². The van der Waals surface area contributed by atoms with E-state index in [0.717, 1.165) is 38.1 Å². The van der Waals surface area contributed by atoms with Crippen LogP contribution in [0.5, 0.6) is 11.5 Å². The molecule has 7 heteroatoms. The number of piperidine rings is 1. The molecule has 0 spiro atoms. The molecule has 1 aromatic heterocycles. The number of ether oxygens (including phenoxy) is 2. The average molecular weight is 343 g/mol. The van der Waals surface area contributed by atoms with Gasteiger partial charge in [0, 0.05) is 25.1 Å². The highest BCUT2D eigenvalue weighted by Crippen LogP contribution is 2.33. The molecule has 2 aliphatic heterocycles. The number of amides is 1. The Morgan fingerprint density at radius 3 is 3.08 bits per heavy atom. The molecule has 1 fully saturated rings. The number of likely N-dealkylation sites (tertiary alicyclic amines) is 1. The molecule has 0 bridgehead atoms. The van der Waals surface area contributed by atoms with E-state index in [2.05, 4.69) is 17.1 Å². The van der Waals surface area contributed by atoms with Crippen molar-refractivity contribution in [2.45, 2.75) is 38.5 Å². The number of rotatable bonds is 4. The lowest BCUT2D eigenvalue weighted by Gasteiger charge is -2.31. The summed E-state index contributed by atoms with van der Waals surface area (Å²) in [7, 11) is 0. The summed E-state index contributed by atoms with van der Waals surface area (Å²) in [6.45, 7) is 3.62. The van der Waals surface area contributed by atoms with Crippen LogP contribution in [0.4, 0.5) is 0 Å². The summed E-state index contributed by atoms with van der Waals surface area (Å²) >= 11 is 0. The van der Waals surface area contributed by atoms with Gasteiger partial charge in [0.2, 0.25) is 12.7 Å². The number of hydrogen-bond acceptors (Lipinski definition) is 6. The molecule has 1 atom stereocenters. The average Bonchev–Trinajstić information content (AvgIpc) is 3.30. The Morgan fingerprint density at radius 2 is 2.20 bits per heavy atom. The summed E-state index contributed by atoms with van der Waals surface area (Å²) in [5.74, 6) is 2.80. The summed E-state index contributed by atoms with van der Waals surface area (Å²) < 4.78 is 16.1. The van der Waals surface area contributed by atoms with Crippen molar-refractivity contribution in [3.05, 3.63) is 35.5 Å². The van der Waals surface area contributed by atoms with Gasteiger partial charge in [-0.1, -0.05) is 12.1 Å². The first-order valence-electron chi connectivity index (χ1n) is 8.76. The molecule has 1 aromatic carbocycles. The van der Waals surface area contributed by atoms with Crippen molar-refractivity contribution in [1.29, 1.82) is 0 Å². The predicted octanol–water partition coefficient (Wildman–Crippen LogP) is 2.77. The van der Waals surface area contributed by atoms with Crippen molar-refractivity contribution >= 4 is 5.91 Å².